The van der Waals surface area contributed by atoms with Gasteiger partial charge in [0.1, 0.15) is 29.1 Å². The van der Waals surface area contributed by atoms with Crippen LogP contribution < -0.4 is 4.90 Å². The molecule has 9 nitrogen and oxygen atoms in total. The number of anilines is 1. The highest BCUT2D eigenvalue weighted by Crippen LogP contribution is 2.34. The van der Waals surface area contributed by atoms with Crippen molar-refractivity contribution in [1.29, 1.82) is 0 Å². The van der Waals surface area contributed by atoms with E-state index in [-0.39, 0.29) is 31.6 Å². The Hall–Kier alpha value is -3.28. The minimum atomic E-state index is -1.29. The second-order valence-electron chi connectivity index (χ2n) is 6.76. The zero-order chi connectivity index (χ0) is 21.4. The van der Waals surface area contributed by atoms with Crippen LogP contribution in [-0.2, 0) is 9.63 Å². The van der Waals surface area contributed by atoms with Gasteiger partial charge in [0.2, 0.25) is 0 Å². The van der Waals surface area contributed by atoms with Gasteiger partial charge in [0.25, 0.3) is 0 Å². The van der Waals surface area contributed by atoms with Crippen LogP contribution in [0.25, 0.3) is 0 Å². The molecule has 2 aliphatic heterocycles. The lowest BCUT2D eigenvalue weighted by molar-refractivity contribution is -0.142. The number of hydrogen-bond donors (Lipinski definition) is 2. The average Bonchev–Trinajstić information content (AvgIpc) is 3.37. The summed E-state index contributed by atoms with van der Waals surface area (Å²) in [5.41, 5.74) is 0.687. The lowest BCUT2D eigenvalue weighted by Crippen LogP contribution is -2.58. The highest BCUT2D eigenvalue weighted by Gasteiger charge is 2.37. The Morgan fingerprint density at radius 3 is 2.60 bits per heavy atom. The first-order valence-corrected chi connectivity index (χ1v) is 9.83. The van der Waals surface area contributed by atoms with Crippen molar-refractivity contribution >= 4 is 34.2 Å². The summed E-state index contributed by atoms with van der Waals surface area (Å²) < 4.78 is 28.0. The fourth-order valence-corrected chi connectivity index (χ4v) is 4.31. The maximum Gasteiger partial charge on any atom is 0.408 e. The molecule has 2 unspecified atom stereocenters. The summed E-state index contributed by atoms with van der Waals surface area (Å²) in [5.74, 6) is -2.67. The van der Waals surface area contributed by atoms with E-state index < -0.39 is 35.8 Å². The van der Waals surface area contributed by atoms with Gasteiger partial charge in [0.05, 0.1) is 12.1 Å². The largest absolute Gasteiger partial charge is 0.480 e. The van der Waals surface area contributed by atoms with Gasteiger partial charge >= 0.3 is 12.1 Å². The molecule has 1 saturated heterocycles. The maximum atomic E-state index is 14.0. The lowest BCUT2D eigenvalue weighted by atomic mass is 10.0. The molecule has 0 aliphatic carbocycles. The van der Waals surface area contributed by atoms with Gasteiger partial charge in [-0.2, -0.15) is 0 Å². The number of carbonyl (C=O) groups is 2. The molecule has 0 bridgehead atoms. The number of amides is 1. The van der Waals surface area contributed by atoms with Gasteiger partial charge in [-0.25, -0.2) is 23.4 Å². The van der Waals surface area contributed by atoms with Gasteiger partial charge in [-0.05, 0) is 12.1 Å². The van der Waals surface area contributed by atoms with Crippen LogP contribution in [0.1, 0.15) is 23.8 Å². The summed E-state index contributed by atoms with van der Waals surface area (Å²) >= 11 is 1.24. The molecule has 2 atom stereocenters. The van der Waals surface area contributed by atoms with E-state index in [1.165, 1.54) is 17.4 Å². The number of hydrogen-bond acceptors (Lipinski definition) is 7. The number of aliphatic carboxylic acids is 1. The van der Waals surface area contributed by atoms with Gasteiger partial charge in [0.15, 0.2) is 11.2 Å². The fraction of sp³-hybridized carbons (Fsp3) is 0.333. The maximum absolute atomic E-state index is 14.0. The number of carboxylic acids is 1. The smallest absolute Gasteiger partial charge is 0.408 e. The Labute approximate surface area is 172 Å². The van der Waals surface area contributed by atoms with Crippen molar-refractivity contribution in [1.82, 2.24) is 9.88 Å². The summed E-state index contributed by atoms with van der Waals surface area (Å²) in [5, 5.41) is 24.6. The molecule has 0 spiro atoms. The molecule has 158 valence electrons. The van der Waals surface area contributed by atoms with Gasteiger partial charge in [-0.1, -0.05) is 11.2 Å². The van der Waals surface area contributed by atoms with Crippen molar-refractivity contribution in [2.45, 2.75) is 18.6 Å². The van der Waals surface area contributed by atoms with E-state index in [0.29, 0.717) is 16.5 Å². The number of carboxylic acid groups (broad SMARTS) is 2. The van der Waals surface area contributed by atoms with Crippen molar-refractivity contribution in [2.24, 2.45) is 5.16 Å². The van der Waals surface area contributed by atoms with Crippen LogP contribution in [0, 0.1) is 11.6 Å². The van der Waals surface area contributed by atoms with Crippen LogP contribution in [-0.4, -0.2) is 63.5 Å². The van der Waals surface area contributed by atoms with Crippen molar-refractivity contribution in [2.75, 3.05) is 24.5 Å². The molecule has 1 aromatic heterocycles. The number of thiazole rings is 1. The van der Waals surface area contributed by atoms with Gasteiger partial charge < -0.3 is 20.0 Å². The molecule has 1 fully saturated rings. The molecule has 0 saturated carbocycles. The van der Waals surface area contributed by atoms with E-state index in [2.05, 4.69) is 10.1 Å². The van der Waals surface area contributed by atoms with E-state index in [1.54, 1.807) is 10.3 Å². The van der Waals surface area contributed by atoms with Crippen molar-refractivity contribution in [3.8, 4) is 0 Å². The van der Waals surface area contributed by atoms with E-state index >= 15 is 0 Å². The molecule has 1 aromatic carbocycles. The molecule has 1 amide bonds. The minimum absolute atomic E-state index is 0.0277. The number of aromatic nitrogens is 1. The van der Waals surface area contributed by atoms with E-state index in [4.69, 9.17) is 9.94 Å². The summed E-state index contributed by atoms with van der Waals surface area (Å²) in [6, 6.07) is 2.36. The number of nitrogens with zero attached hydrogens (tertiary/aromatic N) is 4. The number of halogens is 2. The molecule has 2 aliphatic rings. The lowest BCUT2D eigenvalue weighted by Gasteiger charge is -2.37. The molecule has 30 heavy (non-hydrogen) atoms. The SMILES string of the molecule is O=C(O)C1CN(c2nc(C3=NOC(c4c(F)cccc4F)C3)cs2)CCN1C(=O)O. The van der Waals surface area contributed by atoms with Crippen LogP contribution in [0.3, 0.4) is 0 Å². The Morgan fingerprint density at radius 2 is 1.93 bits per heavy atom. The number of oxime groups is 1. The van der Waals surface area contributed by atoms with Gasteiger partial charge in [-0.15, -0.1) is 11.3 Å². The van der Waals surface area contributed by atoms with Crippen LogP contribution in [0.4, 0.5) is 18.7 Å². The molecule has 3 heterocycles. The van der Waals surface area contributed by atoms with E-state index in [9.17, 15) is 23.5 Å². The van der Waals surface area contributed by atoms with Crippen LogP contribution >= 0.6 is 11.3 Å². The molecule has 0 radical (unpaired) electrons. The third kappa shape index (κ3) is 3.65. The van der Waals surface area contributed by atoms with Gasteiger partial charge in [0, 0.05) is 24.9 Å². The highest BCUT2D eigenvalue weighted by molar-refractivity contribution is 7.14. The molecule has 4 rings (SSSR count). The standard InChI is InChI=1S/C18H16F2N4O5S/c19-9-2-1-3-10(20)15(9)14-6-11(22-29-14)12-8-30-17(21-12)23-4-5-24(18(27)28)13(7-23)16(25)26/h1-3,8,13-14H,4-7H2,(H,25,26)(H,27,28). The first-order valence-electron chi connectivity index (χ1n) is 8.95. The Kier molecular flexibility index (Phi) is 5.24. The molecule has 2 N–H and O–H groups in total. The summed E-state index contributed by atoms with van der Waals surface area (Å²) in [4.78, 5) is 34.9. The third-order valence-electron chi connectivity index (χ3n) is 4.96. The number of rotatable bonds is 4. The van der Waals surface area contributed by atoms with Crippen LogP contribution in [0.2, 0.25) is 0 Å². The van der Waals surface area contributed by atoms with Crippen LogP contribution in [0.15, 0.2) is 28.7 Å². The average molecular weight is 438 g/mol. The highest BCUT2D eigenvalue weighted by atomic mass is 32.1. The molecular weight excluding hydrogens is 422 g/mol. The van der Waals surface area contributed by atoms with Crippen LogP contribution in [0.5, 0.6) is 0 Å². The second kappa shape index (κ2) is 7.86. The Bertz CT molecular complexity index is 1010. The minimum Gasteiger partial charge on any atom is -0.480 e. The van der Waals surface area contributed by atoms with E-state index in [1.807, 2.05) is 0 Å². The second-order valence-corrected chi connectivity index (χ2v) is 7.60. The van der Waals surface area contributed by atoms with Gasteiger partial charge in [-0.3, -0.25) is 4.90 Å². The Morgan fingerprint density at radius 1 is 1.20 bits per heavy atom. The zero-order valence-electron chi connectivity index (χ0n) is 15.4. The topological polar surface area (TPSA) is 116 Å². The Balaban J connectivity index is 1.47. The molecular formula is C18H16F2N4O5S. The number of piperazine rings is 1. The summed E-state index contributed by atoms with van der Waals surface area (Å²) in [6.07, 6.45) is -2.06. The van der Waals surface area contributed by atoms with E-state index in [0.717, 1.165) is 17.0 Å². The fourth-order valence-electron chi connectivity index (χ4n) is 3.44. The monoisotopic (exact) mass is 438 g/mol. The first kappa shape index (κ1) is 20.0. The quantitative estimate of drug-likeness (QED) is 0.754. The normalized spacial score (nSPS) is 21.3. The summed E-state index contributed by atoms with van der Waals surface area (Å²) in [7, 11) is 0. The first-order chi connectivity index (χ1) is 14.3. The third-order valence-corrected chi connectivity index (χ3v) is 5.86. The predicted octanol–water partition coefficient (Wildman–Crippen LogP) is 2.54. The van der Waals surface area contributed by atoms with Crippen molar-refractivity contribution in [3.05, 3.63) is 46.5 Å². The number of benzene rings is 1. The predicted molar refractivity (Wildman–Crippen MR) is 102 cm³/mol. The van der Waals surface area contributed by atoms with Crippen molar-refractivity contribution < 1.29 is 33.4 Å². The molecule has 12 heteroatoms. The molecule has 2 aromatic rings. The zero-order valence-corrected chi connectivity index (χ0v) is 16.2. The summed E-state index contributed by atoms with van der Waals surface area (Å²) in [6.45, 7) is 0.273. The van der Waals surface area contributed by atoms with Crippen molar-refractivity contribution in [3.63, 3.8) is 0 Å².